The van der Waals surface area contributed by atoms with Crippen LogP contribution in [0.25, 0.3) is 0 Å². The van der Waals surface area contributed by atoms with Crippen molar-refractivity contribution in [1.82, 2.24) is 4.98 Å². The van der Waals surface area contributed by atoms with Crippen molar-refractivity contribution in [2.24, 2.45) is 0 Å². The van der Waals surface area contributed by atoms with E-state index in [0.717, 1.165) is 0 Å². The molecule has 122 valence electrons. The predicted molar refractivity (Wildman–Crippen MR) is 87.8 cm³/mol. The standard InChI is InChI=1S/C17H20N2O4/c1-9-15(10(2)18-16(9)11(3)20)17(21)19-12-6-7-13(22-4)14(8-12)23-5/h6-8,18H,1-5H3,(H,19,21). The lowest BCUT2D eigenvalue weighted by Crippen LogP contribution is -2.14. The van der Waals surface area contributed by atoms with Crippen LogP contribution >= 0.6 is 0 Å². The fourth-order valence-electron chi connectivity index (χ4n) is 2.55. The van der Waals surface area contributed by atoms with Gasteiger partial charge in [-0.1, -0.05) is 0 Å². The molecule has 0 radical (unpaired) electrons. The number of aryl methyl sites for hydroxylation is 1. The number of ether oxygens (including phenoxy) is 2. The van der Waals surface area contributed by atoms with Gasteiger partial charge in [-0.3, -0.25) is 9.59 Å². The second-order valence-electron chi connectivity index (χ2n) is 5.21. The third-order valence-electron chi connectivity index (χ3n) is 3.66. The average molecular weight is 316 g/mol. The largest absolute Gasteiger partial charge is 0.493 e. The molecule has 0 saturated carbocycles. The third kappa shape index (κ3) is 3.21. The van der Waals surface area contributed by atoms with E-state index in [2.05, 4.69) is 10.3 Å². The summed E-state index contributed by atoms with van der Waals surface area (Å²) in [6, 6.07) is 5.12. The molecule has 0 bridgehead atoms. The second kappa shape index (κ2) is 6.56. The van der Waals surface area contributed by atoms with Gasteiger partial charge in [0.2, 0.25) is 0 Å². The Bertz CT molecular complexity index is 762. The maximum Gasteiger partial charge on any atom is 0.257 e. The molecule has 1 heterocycles. The molecule has 0 fully saturated rings. The van der Waals surface area contributed by atoms with Gasteiger partial charge in [0, 0.05) is 24.4 Å². The van der Waals surface area contributed by atoms with Gasteiger partial charge in [-0.25, -0.2) is 0 Å². The van der Waals surface area contributed by atoms with Crippen LogP contribution in [0.3, 0.4) is 0 Å². The number of nitrogens with one attached hydrogen (secondary N) is 2. The molecule has 0 aliphatic carbocycles. The molecular weight excluding hydrogens is 296 g/mol. The number of aromatic amines is 1. The molecule has 1 aromatic heterocycles. The molecule has 1 amide bonds. The molecule has 2 rings (SSSR count). The zero-order valence-electron chi connectivity index (χ0n) is 13.9. The first-order valence-electron chi connectivity index (χ1n) is 7.12. The first-order valence-corrected chi connectivity index (χ1v) is 7.12. The fraction of sp³-hybridized carbons (Fsp3) is 0.294. The lowest BCUT2D eigenvalue weighted by molar-refractivity contribution is 0.101. The van der Waals surface area contributed by atoms with E-state index in [1.54, 1.807) is 39.2 Å². The van der Waals surface area contributed by atoms with Crippen LogP contribution in [-0.2, 0) is 0 Å². The topological polar surface area (TPSA) is 80.4 Å². The van der Waals surface area contributed by atoms with Crippen LogP contribution in [0.2, 0.25) is 0 Å². The number of carbonyl (C=O) groups excluding carboxylic acids is 2. The molecule has 1 aromatic carbocycles. The molecule has 0 spiro atoms. The molecule has 0 aliphatic rings. The van der Waals surface area contributed by atoms with Crippen molar-refractivity contribution in [3.8, 4) is 11.5 Å². The Labute approximate surface area is 134 Å². The number of methoxy groups -OCH3 is 2. The van der Waals surface area contributed by atoms with E-state index < -0.39 is 0 Å². The van der Waals surface area contributed by atoms with Gasteiger partial charge in [0.05, 0.1) is 25.5 Å². The van der Waals surface area contributed by atoms with E-state index >= 15 is 0 Å². The Morgan fingerprint density at radius 2 is 1.74 bits per heavy atom. The van der Waals surface area contributed by atoms with E-state index in [4.69, 9.17) is 9.47 Å². The van der Waals surface area contributed by atoms with Gasteiger partial charge in [0.15, 0.2) is 17.3 Å². The van der Waals surface area contributed by atoms with Gasteiger partial charge in [-0.05, 0) is 31.5 Å². The number of carbonyl (C=O) groups is 2. The zero-order chi connectivity index (χ0) is 17.1. The minimum atomic E-state index is -0.282. The van der Waals surface area contributed by atoms with Crippen LogP contribution in [0.15, 0.2) is 18.2 Å². The number of benzene rings is 1. The summed E-state index contributed by atoms with van der Waals surface area (Å²) in [5.74, 6) is 0.724. The smallest absolute Gasteiger partial charge is 0.257 e. The van der Waals surface area contributed by atoms with Crippen molar-refractivity contribution in [2.45, 2.75) is 20.8 Å². The summed E-state index contributed by atoms with van der Waals surface area (Å²) in [6.45, 7) is 4.99. The normalized spacial score (nSPS) is 10.3. The minimum absolute atomic E-state index is 0.101. The molecule has 2 N–H and O–H groups in total. The number of Topliss-reactive ketones (excluding diaryl/α,β-unsaturated/α-hetero) is 1. The second-order valence-corrected chi connectivity index (χ2v) is 5.21. The number of ketones is 1. The van der Waals surface area contributed by atoms with Crippen LogP contribution in [0.1, 0.15) is 39.0 Å². The Balaban J connectivity index is 2.31. The molecular formula is C17H20N2O4. The number of anilines is 1. The lowest BCUT2D eigenvalue weighted by atomic mass is 10.1. The van der Waals surface area contributed by atoms with Crippen molar-refractivity contribution < 1.29 is 19.1 Å². The van der Waals surface area contributed by atoms with E-state index in [0.29, 0.717) is 39.7 Å². The first-order chi connectivity index (χ1) is 10.9. The maximum absolute atomic E-state index is 12.5. The van der Waals surface area contributed by atoms with E-state index in [9.17, 15) is 9.59 Å². The van der Waals surface area contributed by atoms with Gasteiger partial charge in [-0.15, -0.1) is 0 Å². The third-order valence-corrected chi connectivity index (χ3v) is 3.66. The zero-order valence-corrected chi connectivity index (χ0v) is 13.9. The van der Waals surface area contributed by atoms with E-state index in [1.165, 1.54) is 14.0 Å². The van der Waals surface area contributed by atoms with Gasteiger partial charge < -0.3 is 19.8 Å². The summed E-state index contributed by atoms with van der Waals surface area (Å²) in [5, 5.41) is 2.81. The Morgan fingerprint density at radius 1 is 1.09 bits per heavy atom. The van der Waals surface area contributed by atoms with Crippen LogP contribution in [0.4, 0.5) is 5.69 Å². The number of amides is 1. The Kier molecular flexibility index (Phi) is 4.74. The molecule has 0 aliphatic heterocycles. The molecule has 0 atom stereocenters. The summed E-state index contributed by atoms with van der Waals surface area (Å²) in [6.07, 6.45) is 0. The average Bonchev–Trinajstić information content (AvgIpc) is 2.82. The summed E-state index contributed by atoms with van der Waals surface area (Å²) in [4.78, 5) is 27.1. The number of aromatic nitrogens is 1. The molecule has 6 nitrogen and oxygen atoms in total. The van der Waals surface area contributed by atoms with Gasteiger partial charge in [0.25, 0.3) is 5.91 Å². The van der Waals surface area contributed by atoms with Crippen LogP contribution < -0.4 is 14.8 Å². The van der Waals surface area contributed by atoms with Crippen LogP contribution in [-0.4, -0.2) is 30.9 Å². The van der Waals surface area contributed by atoms with Gasteiger partial charge in [-0.2, -0.15) is 0 Å². The Morgan fingerprint density at radius 3 is 2.26 bits per heavy atom. The van der Waals surface area contributed by atoms with Crippen LogP contribution in [0, 0.1) is 13.8 Å². The molecule has 23 heavy (non-hydrogen) atoms. The molecule has 2 aromatic rings. The SMILES string of the molecule is COc1ccc(NC(=O)c2c(C)[nH]c(C(C)=O)c2C)cc1OC. The molecule has 6 heteroatoms. The highest BCUT2D eigenvalue weighted by Crippen LogP contribution is 2.30. The predicted octanol–water partition coefficient (Wildman–Crippen LogP) is 3.10. The number of rotatable bonds is 5. The van der Waals surface area contributed by atoms with Gasteiger partial charge in [0.1, 0.15) is 0 Å². The van der Waals surface area contributed by atoms with Crippen molar-refractivity contribution in [3.63, 3.8) is 0 Å². The van der Waals surface area contributed by atoms with Gasteiger partial charge >= 0.3 is 0 Å². The number of hydrogen-bond donors (Lipinski definition) is 2. The fourth-order valence-corrected chi connectivity index (χ4v) is 2.55. The maximum atomic E-state index is 12.5. The van der Waals surface area contributed by atoms with Crippen molar-refractivity contribution in [1.29, 1.82) is 0 Å². The molecule has 0 saturated heterocycles. The first kappa shape index (κ1) is 16.6. The van der Waals surface area contributed by atoms with Crippen molar-refractivity contribution in [3.05, 3.63) is 40.7 Å². The number of H-pyrrole nitrogens is 1. The van der Waals surface area contributed by atoms with Crippen molar-refractivity contribution >= 4 is 17.4 Å². The number of hydrogen-bond acceptors (Lipinski definition) is 4. The van der Waals surface area contributed by atoms with E-state index in [-0.39, 0.29) is 11.7 Å². The Hall–Kier alpha value is -2.76. The van der Waals surface area contributed by atoms with Crippen LogP contribution in [0.5, 0.6) is 11.5 Å². The quantitative estimate of drug-likeness (QED) is 0.831. The van der Waals surface area contributed by atoms with E-state index in [1.807, 2.05) is 0 Å². The summed E-state index contributed by atoms with van der Waals surface area (Å²) in [5.41, 5.74) is 2.82. The lowest BCUT2D eigenvalue weighted by Gasteiger charge is -2.11. The summed E-state index contributed by atoms with van der Waals surface area (Å²) >= 11 is 0. The highest BCUT2D eigenvalue weighted by atomic mass is 16.5. The monoisotopic (exact) mass is 316 g/mol. The summed E-state index contributed by atoms with van der Waals surface area (Å²) < 4.78 is 10.4. The molecule has 0 unspecified atom stereocenters. The minimum Gasteiger partial charge on any atom is -0.493 e. The summed E-state index contributed by atoms with van der Waals surface area (Å²) in [7, 11) is 3.08. The van der Waals surface area contributed by atoms with Crippen molar-refractivity contribution in [2.75, 3.05) is 19.5 Å². The highest BCUT2D eigenvalue weighted by Gasteiger charge is 2.20. The highest BCUT2D eigenvalue weighted by molar-refractivity contribution is 6.08.